The second-order valence-electron chi connectivity index (χ2n) is 5.03. The van der Waals surface area contributed by atoms with Crippen molar-refractivity contribution in [2.45, 2.75) is 37.9 Å². The van der Waals surface area contributed by atoms with Crippen molar-refractivity contribution in [1.82, 2.24) is 4.90 Å². The minimum absolute atomic E-state index is 0.292. The van der Waals surface area contributed by atoms with Gasteiger partial charge in [-0.05, 0) is 38.1 Å². The number of likely N-dealkylation sites (N-methyl/N-ethyl adjacent to an activating group) is 1. The summed E-state index contributed by atoms with van der Waals surface area (Å²) >= 11 is 6.05. The Morgan fingerprint density at radius 2 is 2.22 bits per heavy atom. The third-order valence-electron chi connectivity index (χ3n) is 3.76. The lowest BCUT2D eigenvalue weighted by molar-refractivity contribution is 0.218. The fourth-order valence-corrected chi connectivity index (χ4v) is 2.97. The Balaban J connectivity index is 2.10. The summed E-state index contributed by atoms with van der Waals surface area (Å²) in [5, 5.41) is 0.745. The lowest BCUT2D eigenvalue weighted by Gasteiger charge is -2.28. The van der Waals surface area contributed by atoms with Crippen molar-refractivity contribution in [3.05, 3.63) is 28.8 Å². The van der Waals surface area contributed by atoms with Crippen molar-refractivity contribution >= 4 is 11.6 Å². The van der Waals surface area contributed by atoms with Gasteiger partial charge in [-0.15, -0.1) is 0 Å². The number of nitrogens with zero attached hydrogens (tertiary/aromatic N) is 1. The van der Waals surface area contributed by atoms with Crippen molar-refractivity contribution in [1.29, 1.82) is 0 Å². The highest BCUT2D eigenvalue weighted by molar-refractivity contribution is 6.30. The smallest absolute Gasteiger partial charge is 0.123 e. The summed E-state index contributed by atoms with van der Waals surface area (Å²) in [6.45, 7) is 0.822. The van der Waals surface area contributed by atoms with Crippen LogP contribution < -0.4 is 10.5 Å². The summed E-state index contributed by atoms with van der Waals surface area (Å²) < 4.78 is 5.37. The maximum Gasteiger partial charge on any atom is 0.123 e. The Bertz CT molecular complexity index is 411. The molecule has 0 heterocycles. The molecule has 0 bridgehead atoms. The third-order valence-corrected chi connectivity index (χ3v) is 4.00. The van der Waals surface area contributed by atoms with Gasteiger partial charge < -0.3 is 10.5 Å². The first kappa shape index (κ1) is 13.7. The Kier molecular flexibility index (Phi) is 4.49. The Hall–Kier alpha value is -0.770. The van der Waals surface area contributed by atoms with E-state index >= 15 is 0 Å². The molecular formula is C14H21ClN2O. The van der Waals surface area contributed by atoms with Crippen LogP contribution in [0.3, 0.4) is 0 Å². The lowest BCUT2D eigenvalue weighted by Crippen LogP contribution is -2.41. The van der Waals surface area contributed by atoms with E-state index < -0.39 is 0 Å². The van der Waals surface area contributed by atoms with E-state index in [0.717, 1.165) is 29.3 Å². The van der Waals surface area contributed by atoms with E-state index in [1.54, 1.807) is 7.11 Å². The number of halogens is 1. The molecule has 0 radical (unpaired) electrons. The first-order chi connectivity index (χ1) is 8.61. The topological polar surface area (TPSA) is 38.5 Å². The zero-order valence-corrected chi connectivity index (χ0v) is 11.8. The molecule has 0 aliphatic heterocycles. The standard InChI is InChI=1S/C14H21ClN2O/c1-17(13-5-3-4-12(13)16)9-10-8-11(15)6-7-14(10)18-2/h6-8,12-13H,3-5,9,16H2,1-2H3. The number of ether oxygens (including phenoxy) is 1. The van der Waals surface area contributed by atoms with Crippen molar-refractivity contribution in [3.8, 4) is 5.75 Å². The average molecular weight is 269 g/mol. The molecular weight excluding hydrogens is 248 g/mol. The highest BCUT2D eigenvalue weighted by atomic mass is 35.5. The summed E-state index contributed by atoms with van der Waals surface area (Å²) in [4.78, 5) is 2.31. The molecule has 2 atom stereocenters. The summed E-state index contributed by atoms with van der Waals surface area (Å²) in [6.07, 6.45) is 3.53. The molecule has 100 valence electrons. The minimum Gasteiger partial charge on any atom is -0.496 e. The van der Waals surface area contributed by atoms with Gasteiger partial charge in [0.25, 0.3) is 0 Å². The van der Waals surface area contributed by atoms with Crippen LogP contribution in [0.2, 0.25) is 5.02 Å². The molecule has 2 rings (SSSR count). The molecule has 18 heavy (non-hydrogen) atoms. The number of hydrogen-bond acceptors (Lipinski definition) is 3. The van der Waals surface area contributed by atoms with E-state index in [1.807, 2.05) is 18.2 Å². The fraction of sp³-hybridized carbons (Fsp3) is 0.571. The van der Waals surface area contributed by atoms with Gasteiger partial charge in [-0.2, -0.15) is 0 Å². The Morgan fingerprint density at radius 3 is 2.83 bits per heavy atom. The molecule has 1 aromatic carbocycles. The summed E-state index contributed by atoms with van der Waals surface area (Å²) in [6, 6.07) is 6.50. The van der Waals surface area contributed by atoms with Crippen molar-refractivity contribution in [3.63, 3.8) is 0 Å². The Morgan fingerprint density at radius 1 is 1.44 bits per heavy atom. The van der Waals surface area contributed by atoms with E-state index in [4.69, 9.17) is 22.1 Å². The third kappa shape index (κ3) is 2.97. The van der Waals surface area contributed by atoms with E-state index in [-0.39, 0.29) is 0 Å². The summed E-state index contributed by atoms with van der Waals surface area (Å²) in [7, 11) is 3.81. The van der Waals surface area contributed by atoms with Gasteiger partial charge in [-0.3, -0.25) is 4.90 Å². The molecule has 1 fully saturated rings. The number of nitrogens with two attached hydrogens (primary N) is 1. The largest absolute Gasteiger partial charge is 0.496 e. The predicted molar refractivity (Wildman–Crippen MR) is 75.1 cm³/mol. The molecule has 1 aromatic rings. The van der Waals surface area contributed by atoms with Crippen LogP contribution in [0.25, 0.3) is 0 Å². The fourth-order valence-electron chi connectivity index (χ4n) is 2.77. The summed E-state index contributed by atoms with van der Waals surface area (Å²) in [5.74, 6) is 0.887. The maximum atomic E-state index is 6.14. The van der Waals surface area contributed by atoms with Crippen molar-refractivity contribution in [2.75, 3.05) is 14.2 Å². The molecule has 4 heteroatoms. The minimum atomic E-state index is 0.292. The van der Waals surface area contributed by atoms with Crippen LogP contribution in [-0.2, 0) is 6.54 Å². The van der Waals surface area contributed by atoms with Gasteiger partial charge in [0.1, 0.15) is 5.75 Å². The van der Waals surface area contributed by atoms with Gasteiger partial charge in [0.05, 0.1) is 7.11 Å². The first-order valence-electron chi connectivity index (χ1n) is 6.40. The molecule has 1 aliphatic carbocycles. The van der Waals surface area contributed by atoms with Crippen molar-refractivity contribution < 1.29 is 4.74 Å². The molecule has 3 nitrogen and oxygen atoms in total. The molecule has 0 saturated heterocycles. The SMILES string of the molecule is COc1ccc(Cl)cc1CN(C)C1CCCC1N. The van der Waals surface area contributed by atoms with Crippen molar-refractivity contribution in [2.24, 2.45) is 5.73 Å². The second kappa shape index (κ2) is 5.91. The molecule has 2 unspecified atom stereocenters. The molecule has 1 saturated carbocycles. The molecule has 0 spiro atoms. The van der Waals surface area contributed by atoms with Gasteiger partial charge in [0.15, 0.2) is 0 Å². The highest BCUT2D eigenvalue weighted by Gasteiger charge is 2.27. The van der Waals surface area contributed by atoms with Crippen LogP contribution in [0.5, 0.6) is 5.75 Å². The first-order valence-corrected chi connectivity index (χ1v) is 6.78. The number of benzene rings is 1. The number of rotatable bonds is 4. The maximum absolute atomic E-state index is 6.14. The highest BCUT2D eigenvalue weighted by Crippen LogP contribution is 2.27. The van der Waals surface area contributed by atoms with Crippen LogP contribution >= 0.6 is 11.6 Å². The van der Waals surface area contributed by atoms with Gasteiger partial charge in [-0.25, -0.2) is 0 Å². The second-order valence-corrected chi connectivity index (χ2v) is 5.47. The number of hydrogen-bond donors (Lipinski definition) is 1. The van der Waals surface area contributed by atoms with Gasteiger partial charge in [0.2, 0.25) is 0 Å². The van der Waals surface area contributed by atoms with E-state index in [0.29, 0.717) is 12.1 Å². The van der Waals surface area contributed by atoms with Crippen LogP contribution in [0.4, 0.5) is 0 Å². The van der Waals surface area contributed by atoms with Gasteiger partial charge >= 0.3 is 0 Å². The zero-order valence-electron chi connectivity index (χ0n) is 11.0. The average Bonchev–Trinajstić information content (AvgIpc) is 2.76. The van der Waals surface area contributed by atoms with Gasteiger partial charge in [-0.1, -0.05) is 18.0 Å². The molecule has 2 N–H and O–H groups in total. The molecule has 0 aromatic heterocycles. The van der Waals surface area contributed by atoms with Gasteiger partial charge in [0, 0.05) is 29.2 Å². The quantitative estimate of drug-likeness (QED) is 0.912. The predicted octanol–water partition coefficient (Wildman–Crippen LogP) is 2.66. The van der Waals surface area contributed by atoms with E-state index in [1.165, 1.54) is 12.8 Å². The van der Waals surface area contributed by atoms with E-state index in [2.05, 4.69) is 11.9 Å². The monoisotopic (exact) mass is 268 g/mol. The van der Waals surface area contributed by atoms with Crippen LogP contribution in [0, 0.1) is 0 Å². The normalized spacial score (nSPS) is 23.6. The lowest BCUT2D eigenvalue weighted by atomic mass is 10.1. The molecule has 1 aliphatic rings. The Labute approximate surface area is 114 Å². The summed E-state index contributed by atoms with van der Waals surface area (Å²) in [5.41, 5.74) is 7.25. The van der Waals surface area contributed by atoms with E-state index in [9.17, 15) is 0 Å². The van der Waals surface area contributed by atoms with Crippen LogP contribution in [0.15, 0.2) is 18.2 Å². The molecule has 0 amide bonds. The number of methoxy groups -OCH3 is 1. The van der Waals surface area contributed by atoms with Crippen LogP contribution in [0.1, 0.15) is 24.8 Å². The zero-order chi connectivity index (χ0) is 13.1. The van der Waals surface area contributed by atoms with Crippen LogP contribution in [-0.4, -0.2) is 31.1 Å².